The molecule has 5 heteroatoms. The van der Waals surface area contributed by atoms with Crippen molar-refractivity contribution in [3.63, 3.8) is 0 Å². The Bertz CT molecular complexity index is 533. The molecule has 1 aromatic heterocycles. The van der Waals surface area contributed by atoms with Crippen molar-refractivity contribution in [1.82, 2.24) is 15.1 Å². The van der Waals surface area contributed by atoms with Crippen LogP contribution in [0.3, 0.4) is 0 Å². The lowest BCUT2D eigenvalue weighted by Crippen LogP contribution is -2.22. The summed E-state index contributed by atoms with van der Waals surface area (Å²) < 4.78 is 1.61. The number of nitrogens with zero attached hydrogens (tertiary/aromatic N) is 2. The van der Waals surface area contributed by atoms with Gasteiger partial charge in [-0.15, -0.1) is 0 Å². The normalized spacial score (nSPS) is 10.3. The summed E-state index contributed by atoms with van der Waals surface area (Å²) in [5.41, 5.74) is 2.88. The van der Waals surface area contributed by atoms with E-state index in [0.717, 1.165) is 10.9 Å². The molecule has 4 nitrogen and oxygen atoms in total. The molecular formula is C13H14BrN3O. The van der Waals surface area contributed by atoms with Crippen molar-refractivity contribution < 1.29 is 4.79 Å². The Morgan fingerprint density at radius 3 is 2.56 bits per heavy atom. The van der Waals surface area contributed by atoms with Gasteiger partial charge in [0.05, 0.1) is 11.8 Å². The molecule has 94 valence electrons. The van der Waals surface area contributed by atoms with Gasteiger partial charge >= 0.3 is 0 Å². The third-order valence-corrected chi connectivity index (χ3v) is 3.24. The molecule has 0 unspecified atom stereocenters. The van der Waals surface area contributed by atoms with Crippen LogP contribution in [-0.4, -0.2) is 15.7 Å². The minimum atomic E-state index is -0.104. The van der Waals surface area contributed by atoms with Gasteiger partial charge in [0.1, 0.15) is 0 Å². The Hall–Kier alpha value is -1.62. The second kappa shape index (κ2) is 5.82. The molecule has 1 amide bonds. The molecule has 2 aromatic rings. The maximum atomic E-state index is 11.8. The van der Waals surface area contributed by atoms with Gasteiger partial charge in [-0.05, 0) is 11.1 Å². The maximum Gasteiger partial charge on any atom is 0.254 e. The van der Waals surface area contributed by atoms with Crippen LogP contribution in [0.2, 0.25) is 0 Å². The highest BCUT2D eigenvalue weighted by atomic mass is 79.9. The van der Waals surface area contributed by atoms with E-state index in [-0.39, 0.29) is 5.91 Å². The molecule has 0 aliphatic heterocycles. The number of amides is 1. The molecule has 1 heterocycles. The first-order valence-electron chi connectivity index (χ1n) is 5.59. The van der Waals surface area contributed by atoms with Crippen LogP contribution >= 0.6 is 15.9 Å². The number of aryl methyl sites for hydroxylation is 1. The molecule has 0 aliphatic rings. The van der Waals surface area contributed by atoms with Crippen molar-refractivity contribution in [2.75, 3.05) is 0 Å². The first kappa shape index (κ1) is 12.8. The number of alkyl halides is 1. The van der Waals surface area contributed by atoms with Crippen molar-refractivity contribution in [2.24, 2.45) is 7.05 Å². The zero-order valence-corrected chi connectivity index (χ0v) is 11.6. The summed E-state index contributed by atoms with van der Waals surface area (Å²) in [5, 5.41) is 7.67. The molecule has 0 aliphatic carbocycles. The van der Waals surface area contributed by atoms with Crippen molar-refractivity contribution in [3.05, 3.63) is 53.3 Å². The van der Waals surface area contributed by atoms with Gasteiger partial charge in [-0.1, -0.05) is 40.2 Å². The summed E-state index contributed by atoms with van der Waals surface area (Å²) in [6.45, 7) is 0.524. The van der Waals surface area contributed by atoms with Crippen LogP contribution in [0.4, 0.5) is 0 Å². The number of aromatic nitrogens is 2. The summed E-state index contributed by atoms with van der Waals surface area (Å²) >= 11 is 3.40. The predicted molar refractivity (Wildman–Crippen MR) is 73.5 cm³/mol. The summed E-state index contributed by atoms with van der Waals surface area (Å²) in [7, 11) is 1.79. The predicted octanol–water partition coefficient (Wildman–Crippen LogP) is 2.25. The fourth-order valence-electron chi connectivity index (χ4n) is 1.57. The van der Waals surface area contributed by atoms with Gasteiger partial charge in [0, 0.05) is 25.1 Å². The van der Waals surface area contributed by atoms with Crippen LogP contribution in [0.1, 0.15) is 21.5 Å². The first-order chi connectivity index (χ1) is 8.69. The van der Waals surface area contributed by atoms with Crippen LogP contribution in [0.25, 0.3) is 0 Å². The van der Waals surface area contributed by atoms with E-state index in [4.69, 9.17) is 0 Å². The molecule has 0 fully saturated rings. The molecule has 0 spiro atoms. The SMILES string of the molecule is Cn1cc(C(=O)NCc2ccc(CBr)cc2)cn1. The first-order valence-corrected chi connectivity index (χ1v) is 6.72. The topological polar surface area (TPSA) is 46.9 Å². The van der Waals surface area contributed by atoms with E-state index in [9.17, 15) is 4.79 Å². The molecular weight excluding hydrogens is 294 g/mol. The number of hydrogen-bond donors (Lipinski definition) is 1. The van der Waals surface area contributed by atoms with E-state index in [1.165, 1.54) is 5.56 Å². The van der Waals surface area contributed by atoms with Gasteiger partial charge < -0.3 is 5.32 Å². The van der Waals surface area contributed by atoms with E-state index < -0.39 is 0 Å². The second-order valence-corrected chi connectivity index (χ2v) is 4.60. The number of halogens is 1. The van der Waals surface area contributed by atoms with Crippen LogP contribution in [-0.2, 0) is 18.9 Å². The van der Waals surface area contributed by atoms with Crippen molar-refractivity contribution in [3.8, 4) is 0 Å². The Morgan fingerprint density at radius 2 is 2.00 bits per heavy atom. The number of carbonyl (C=O) groups is 1. The standard InChI is InChI=1S/C13H14BrN3O/c1-17-9-12(8-16-17)13(18)15-7-11-4-2-10(6-14)3-5-11/h2-5,8-9H,6-7H2,1H3,(H,15,18). The average Bonchev–Trinajstić information content (AvgIpc) is 2.83. The van der Waals surface area contributed by atoms with Crippen LogP contribution < -0.4 is 5.32 Å². The highest BCUT2D eigenvalue weighted by molar-refractivity contribution is 9.08. The smallest absolute Gasteiger partial charge is 0.254 e. The molecule has 0 radical (unpaired) electrons. The lowest BCUT2D eigenvalue weighted by atomic mass is 10.1. The highest BCUT2D eigenvalue weighted by Gasteiger charge is 2.06. The molecule has 0 saturated carbocycles. The van der Waals surface area contributed by atoms with Crippen molar-refractivity contribution in [1.29, 1.82) is 0 Å². The third kappa shape index (κ3) is 3.20. The maximum absolute atomic E-state index is 11.8. The molecule has 0 saturated heterocycles. The summed E-state index contributed by atoms with van der Waals surface area (Å²) in [4.78, 5) is 11.8. The van der Waals surface area contributed by atoms with Gasteiger partial charge in [-0.3, -0.25) is 9.48 Å². The zero-order valence-electron chi connectivity index (χ0n) is 10.1. The summed E-state index contributed by atoms with van der Waals surface area (Å²) in [5.74, 6) is -0.104. The second-order valence-electron chi connectivity index (χ2n) is 4.04. The number of carbonyl (C=O) groups excluding carboxylic acids is 1. The molecule has 1 aromatic carbocycles. The fraction of sp³-hybridized carbons (Fsp3) is 0.231. The van der Waals surface area contributed by atoms with Crippen LogP contribution in [0.5, 0.6) is 0 Å². The number of rotatable bonds is 4. The van der Waals surface area contributed by atoms with Crippen LogP contribution in [0, 0.1) is 0 Å². The monoisotopic (exact) mass is 307 g/mol. The van der Waals surface area contributed by atoms with Crippen molar-refractivity contribution >= 4 is 21.8 Å². The van der Waals surface area contributed by atoms with E-state index in [1.807, 2.05) is 24.3 Å². The van der Waals surface area contributed by atoms with Gasteiger partial charge in [0.2, 0.25) is 0 Å². The van der Waals surface area contributed by atoms with E-state index in [0.29, 0.717) is 12.1 Å². The number of nitrogens with one attached hydrogen (secondary N) is 1. The lowest BCUT2D eigenvalue weighted by molar-refractivity contribution is 0.0951. The van der Waals surface area contributed by atoms with E-state index >= 15 is 0 Å². The fourth-order valence-corrected chi connectivity index (χ4v) is 1.94. The van der Waals surface area contributed by atoms with Crippen LogP contribution in [0.15, 0.2) is 36.7 Å². The van der Waals surface area contributed by atoms with Gasteiger partial charge in [0.15, 0.2) is 0 Å². The molecule has 18 heavy (non-hydrogen) atoms. The minimum absolute atomic E-state index is 0.104. The molecule has 0 bridgehead atoms. The van der Waals surface area contributed by atoms with Crippen molar-refractivity contribution in [2.45, 2.75) is 11.9 Å². The molecule has 1 N–H and O–H groups in total. The quantitative estimate of drug-likeness (QED) is 0.881. The zero-order chi connectivity index (χ0) is 13.0. The summed E-state index contributed by atoms with van der Waals surface area (Å²) in [6.07, 6.45) is 3.26. The van der Waals surface area contributed by atoms with Gasteiger partial charge in [0.25, 0.3) is 5.91 Å². The largest absolute Gasteiger partial charge is 0.348 e. The molecule has 0 atom stereocenters. The average molecular weight is 308 g/mol. The molecule has 2 rings (SSSR count). The van der Waals surface area contributed by atoms with E-state index in [2.05, 4.69) is 26.3 Å². The summed E-state index contributed by atoms with van der Waals surface area (Å²) in [6, 6.07) is 8.11. The Morgan fingerprint density at radius 1 is 1.33 bits per heavy atom. The minimum Gasteiger partial charge on any atom is -0.348 e. The Labute approximate surface area is 114 Å². The Kier molecular flexibility index (Phi) is 4.15. The van der Waals surface area contributed by atoms with Gasteiger partial charge in [-0.2, -0.15) is 5.10 Å². The Balaban J connectivity index is 1.92. The third-order valence-electron chi connectivity index (χ3n) is 2.60. The van der Waals surface area contributed by atoms with Gasteiger partial charge in [-0.25, -0.2) is 0 Å². The lowest BCUT2D eigenvalue weighted by Gasteiger charge is -2.04. The number of hydrogen-bond acceptors (Lipinski definition) is 2. The van der Waals surface area contributed by atoms with E-state index in [1.54, 1.807) is 24.1 Å². The highest BCUT2D eigenvalue weighted by Crippen LogP contribution is 2.08. The number of benzene rings is 1.